The highest BCUT2D eigenvalue weighted by Gasteiger charge is 2.34. The predicted octanol–water partition coefficient (Wildman–Crippen LogP) is 4.03. The van der Waals surface area contributed by atoms with Crippen LogP contribution in [0.5, 0.6) is 0 Å². The molecule has 19 heavy (non-hydrogen) atoms. The molecule has 1 N–H and O–H groups in total. The molecule has 0 saturated heterocycles. The summed E-state index contributed by atoms with van der Waals surface area (Å²) >= 11 is 5.70. The highest BCUT2D eigenvalue weighted by atomic mass is 35.5. The molecule has 3 nitrogen and oxygen atoms in total. The number of hydrogen-bond donors (Lipinski definition) is 1. The molecule has 0 spiro atoms. The summed E-state index contributed by atoms with van der Waals surface area (Å²) in [5.74, 6) is -1.26. The number of hydrogen-bond acceptors (Lipinski definition) is 3. The van der Waals surface area contributed by atoms with Crippen molar-refractivity contribution >= 4 is 23.1 Å². The Hall–Kier alpha value is -1.89. The molecule has 0 aliphatic heterocycles. The Balaban J connectivity index is 2.35. The molecule has 1 aromatic carbocycles. The topological polar surface area (TPSA) is 37.8 Å². The molecule has 0 saturated carbocycles. The minimum atomic E-state index is -4.77. The predicted molar refractivity (Wildman–Crippen MR) is 61.7 cm³/mol. The summed E-state index contributed by atoms with van der Waals surface area (Å²) in [6, 6.07) is 2.51. The highest BCUT2D eigenvalue weighted by Crippen LogP contribution is 2.33. The van der Waals surface area contributed by atoms with Crippen LogP contribution in [0.15, 0.2) is 30.6 Å². The van der Waals surface area contributed by atoms with Crippen molar-refractivity contribution in [1.82, 2.24) is 9.97 Å². The van der Waals surface area contributed by atoms with Gasteiger partial charge in [-0.2, -0.15) is 13.2 Å². The zero-order valence-electron chi connectivity index (χ0n) is 9.17. The van der Waals surface area contributed by atoms with Crippen molar-refractivity contribution in [3.63, 3.8) is 0 Å². The molecule has 100 valence electrons. The Morgan fingerprint density at radius 1 is 1.11 bits per heavy atom. The fourth-order valence-electron chi connectivity index (χ4n) is 1.36. The summed E-state index contributed by atoms with van der Waals surface area (Å²) in [6.45, 7) is 0. The maximum absolute atomic E-state index is 13.1. The molecule has 0 aliphatic carbocycles. The Kier molecular flexibility index (Phi) is 3.57. The maximum atomic E-state index is 13.1. The van der Waals surface area contributed by atoms with E-state index in [2.05, 4.69) is 15.3 Å². The van der Waals surface area contributed by atoms with Crippen molar-refractivity contribution in [2.75, 3.05) is 5.32 Å². The Morgan fingerprint density at radius 3 is 2.42 bits per heavy atom. The molecule has 0 amide bonds. The van der Waals surface area contributed by atoms with Gasteiger partial charge in [-0.3, -0.25) is 0 Å². The van der Waals surface area contributed by atoms with Crippen LogP contribution in [0.1, 0.15) is 5.56 Å². The SMILES string of the molecule is Fc1ccc(Nc2nccnc2Cl)cc1C(F)(F)F. The van der Waals surface area contributed by atoms with Gasteiger partial charge in [-0.05, 0) is 18.2 Å². The molecular formula is C11H6ClF4N3. The van der Waals surface area contributed by atoms with Gasteiger partial charge in [0.15, 0.2) is 11.0 Å². The van der Waals surface area contributed by atoms with E-state index in [0.29, 0.717) is 6.07 Å². The average molecular weight is 292 g/mol. The van der Waals surface area contributed by atoms with E-state index >= 15 is 0 Å². The zero-order valence-corrected chi connectivity index (χ0v) is 9.93. The largest absolute Gasteiger partial charge is 0.419 e. The molecule has 0 bridgehead atoms. The van der Waals surface area contributed by atoms with Crippen molar-refractivity contribution in [2.24, 2.45) is 0 Å². The summed E-state index contributed by atoms with van der Waals surface area (Å²) in [5, 5.41) is 2.54. The first-order valence-electron chi connectivity index (χ1n) is 4.98. The number of aromatic nitrogens is 2. The van der Waals surface area contributed by atoms with Gasteiger partial charge < -0.3 is 5.32 Å². The number of benzene rings is 1. The molecule has 2 aromatic rings. The third kappa shape index (κ3) is 3.11. The molecule has 0 aliphatic rings. The molecule has 0 unspecified atom stereocenters. The summed E-state index contributed by atoms with van der Waals surface area (Å²) in [5.41, 5.74) is -1.35. The highest BCUT2D eigenvalue weighted by molar-refractivity contribution is 6.31. The first-order valence-corrected chi connectivity index (χ1v) is 5.36. The van der Waals surface area contributed by atoms with Crippen LogP contribution in [0, 0.1) is 5.82 Å². The van der Waals surface area contributed by atoms with E-state index in [1.165, 1.54) is 12.4 Å². The number of nitrogens with zero attached hydrogens (tertiary/aromatic N) is 2. The monoisotopic (exact) mass is 291 g/mol. The smallest absolute Gasteiger partial charge is 0.338 e. The second-order valence-corrected chi connectivity index (χ2v) is 3.87. The maximum Gasteiger partial charge on any atom is 0.419 e. The van der Waals surface area contributed by atoms with Crippen molar-refractivity contribution in [2.45, 2.75) is 6.18 Å². The second kappa shape index (κ2) is 5.00. The normalized spacial score (nSPS) is 11.4. The van der Waals surface area contributed by atoms with Gasteiger partial charge in [0.1, 0.15) is 5.82 Å². The quantitative estimate of drug-likeness (QED) is 0.849. The molecule has 0 radical (unpaired) electrons. The van der Waals surface area contributed by atoms with Gasteiger partial charge in [-0.15, -0.1) is 0 Å². The van der Waals surface area contributed by atoms with Gasteiger partial charge in [0.25, 0.3) is 0 Å². The van der Waals surface area contributed by atoms with E-state index in [1.54, 1.807) is 0 Å². The van der Waals surface area contributed by atoms with E-state index in [9.17, 15) is 17.6 Å². The van der Waals surface area contributed by atoms with Gasteiger partial charge in [0, 0.05) is 18.1 Å². The Labute approximate surface area is 110 Å². The van der Waals surface area contributed by atoms with Gasteiger partial charge >= 0.3 is 6.18 Å². The molecule has 0 fully saturated rings. The Bertz CT molecular complexity index is 601. The van der Waals surface area contributed by atoms with E-state index < -0.39 is 17.6 Å². The van der Waals surface area contributed by atoms with Crippen LogP contribution in [-0.2, 0) is 6.18 Å². The summed E-state index contributed by atoms with van der Waals surface area (Å²) < 4.78 is 50.7. The second-order valence-electron chi connectivity index (χ2n) is 3.51. The lowest BCUT2D eigenvalue weighted by atomic mass is 10.2. The molecule has 2 rings (SSSR count). The molecular weight excluding hydrogens is 286 g/mol. The van der Waals surface area contributed by atoms with Crippen LogP contribution in [-0.4, -0.2) is 9.97 Å². The van der Waals surface area contributed by atoms with E-state index in [1.807, 2.05) is 0 Å². The Morgan fingerprint density at radius 2 is 1.79 bits per heavy atom. The molecule has 1 heterocycles. The van der Waals surface area contributed by atoms with Crippen molar-refractivity contribution in [3.05, 3.63) is 47.1 Å². The van der Waals surface area contributed by atoms with Crippen LogP contribution < -0.4 is 5.32 Å². The standard InChI is InChI=1S/C11H6ClF4N3/c12-9-10(18-4-3-17-9)19-6-1-2-8(13)7(5-6)11(14,15)16/h1-5H,(H,18,19). The number of halogens is 5. The number of anilines is 2. The van der Waals surface area contributed by atoms with E-state index in [4.69, 9.17) is 11.6 Å². The fraction of sp³-hybridized carbons (Fsp3) is 0.0909. The lowest BCUT2D eigenvalue weighted by Crippen LogP contribution is -2.08. The van der Waals surface area contributed by atoms with Gasteiger partial charge in [0.05, 0.1) is 5.56 Å². The van der Waals surface area contributed by atoms with Crippen LogP contribution >= 0.6 is 11.6 Å². The minimum Gasteiger partial charge on any atom is -0.338 e. The van der Waals surface area contributed by atoms with Crippen molar-refractivity contribution < 1.29 is 17.6 Å². The van der Waals surface area contributed by atoms with Gasteiger partial charge in [-0.25, -0.2) is 14.4 Å². The summed E-state index contributed by atoms with van der Waals surface area (Å²) in [7, 11) is 0. The minimum absolute atomic E-state index is 0.000355. The first-order chi connectivity index (χ1) is 8.88. The molecule has 8 heteroatoms. The summed E-state index contributed by atoms with van der Waals surface area (Å²) in [6.07, 6.45) is -2.12. The van der Waals surface area contributed by atoms with Gasteiger partial charge in [0.2, 0.25) is 0 Å². The van der Waals surface area contributed by atoms with E-state index in [0.717, 1.165) is 12.1 Å². The van der Waals surface area contributed by atoms with Crippen LogP contribution in [0.4, 0.5) is 29.1 Å². The van der Waals surface area contributed by atoms with Crippen LogP contribution in [0.2, 0.25) is 5.15 Å². The van der Waals surface area contributed by atoms with Crippen LogP contribution in [0.25, 0.3) is 0 Å². The lowest BCUT2D eigenvalue weighted by Gasteiger charge is -2.11. The molecule has 1 aromatic heterocycles. The average Bonchev–Trinajstić information content (AvgIpc) is 2.33. The molecule has 0 atom stereocenters. The number of nitrogens with one attached hydrogen (secondary N) is 1. The van der Waals surface area contributed by atoms with Crippen molar-refractivity contribution in [1.29, 1.82) is 0 Å². The fourth-order valence-corrected chi connectivity index (χ4v) is 1.51. The van der Waals surface area contributed by atoms with Gasteiger partial charge in [-0.1, -0.05) is 11.6 Å². The van der Waals surface area contributed by atoms with Crippen molar-refractivity contribution in [3.8, 4) is 0 Å². The zero-order chi connectivity index (χ0) is 14.0. The number of alkyl halides is 3. The van der Waals surface area contributed by atoms with Crippen LogP contribution in [0.3, 0.4) is 0 Å². The number of rotatable bonds is 2. The first kappa shape index (κ1) is 13.5. The third-order valence-corrected chi connectivity index (χ3v) is 2.46. The summed E-state index contributed by atoms with van der Waals surface area (Å²) in [4.78, 5) is 7.52. The van der Waals surface area contributed by atoms with E-state index in [-0.39, 0.29) is 16.7 Å². The lowest BCUT2D eigenvalue weighted by molar-refractivity contribution is -0.139. The third-order valence-electron chi connectivity index (χ3n) is 2.19.